The van der Waals surface area contributed by atoms with E-state index >= 15 is 0 Å². The van der Waals surface area contributed by atoms with Gasteiger partial charge in [-0.25, -0.2) is 9.13 Å². The molecule has 17 nitrogen and oxygen atoms in total. The van der Waals surface area contributed by atoms with Gasteiger partial charge in [-0.2, -0.15) is 0 Å². The second kappa shape index (κ2) is 69.5. The molecular weight excluding hydrogens is 1260 g/mol. The Labute approximate surface area is 582 Å². The Bertz CT molecular complexity index is 2200. The summed E-state index contributed by atoms with van der Waals surface area (Å²) in [5, 5.41) is 10.6. The molecule has 0 saturated carbocycles. The van der Waals surface area contributed by atoms with E-state index in [0.29, 0.717) is 25.7 Å². The van der Waals surface area contributed by atoms with Crippen molar-refractivity contribution in [3.05, 3.63) is 97.2 Å². The summed E-state index contributed by atoms with van der Waals surface area (Å²) in [6.07, 6.45) is 71.5. The number of esters is 4. The Morgan fingerprint density at radius 1 is 0.312 bits per heavy atom. The SMILES string of the molecule is CC/C=C\C/C=C\C/C=C\C/C=C\C/C=C\CC(=O)OCC(COP(=O)(O)OCC(O)COP(=O)(O)OCC(COC(=O)CCCCCCC/C=C\C/C=C\C/C=C\CC)OC(=O)CCCCCCCCCCCCC)OC(=O)CCCCCCCCCCCCCCCCC. The van der Waals surface area contributed by atoms with Gasteiger partial charge in [0, 0.05) is 19.3 Å². The van der Waals surface area contributed by atoms with Crippen LogP contribution in [-0.2, 0) is 65.4 Å². The molecule has 3 N–H and O–H groups in total. The number of carbonyl (C=O) groups is 4. The summed E-state index contributed by atoms with van der Waals surface area (Å²) < 4.78 is 68.3. The molecule has 5 atom stereocenters. The molecular formula is C77H134O17P2. The van der Waals surface area contributed by atoms with Crippen LogP contribution < -0.4 is 0 Å². The van der Waals surface area contributed by atoms with Crippen molar-refractivity contribution in [3.63, 3.8) is 0 Å². The average molecular weight is 1390 g/mol. The van der Waals surface area contributed by atoms with Crippen LogP contribution >= 0.6 is 15.6 Å². The number of unbranched alkanes of at least 4 members (excludes halogenated alkanes) is 29. The molecule has 19 heteroatoms. The molecule has 0 spiro atoms. The van der Waals surface area contributed by atoms with Crippen molar-refractivity contribution in [2.45, 2.75) is 329 Å². The second-order valence-corrected chi connectivity index (χ2v) is 27.8. The molecule has 5 unspecified atom stereocenters. The lowest BCUT2D eigenvalue weighted by molar-refractivity contribution is -0.161. The average Bonchev–Trinajstić information content (AvgIpc) is 1.09. The summed E-state index contributed by atoms with van der Waals surface area (Å²) in [5.41, 5.74) is 0. The van der Waals surface area contributed by atoms with Crippen molar-refractivity contribution in [3.8, 4) is 0 Å². The van der Waals surface area contributed by atoms with Gasteiger partial charge in [-0.05, 0) is 83.5 Å². The van der Waals surface area contributed by atoms with Gasteiger partial charge in [0.1, 0.15) is 19.3 Å². The van der Waals surface area contributed by atoms with Gasteiger partial charge in [0.25, 0.3) is 0 Å². The molecule has 0 aromatic rings. The van der Waals surface area contributed by atoms with Crippen LogP contribution in [-0.4, -0.2) is 96.7 Å². The van der Waals surface area contributed by atoms with Gasteiger partial charge < -0.3 is 33.8 Å². The first-order chi connectivity index (χ1) is 46.7. The van der Waals surface area contributed by atoms with Crippen LogP contribution in [0.1, 0.15) is 310 Å². The van der Waals surface area contributed by atoms with Crippen molar-refractivity contribution in [2.75, 3.05) is 39.6 Å². The number of phosphoric ester groups is 2. The number of ether oxygens (including phenoxy) is 4. The Morgan fingerprint density at radius 2 is 0.583 bits per heavy atom. The third-order valence-corrected chi connectivity index (χ3v) is 17.5. The number of aliphatic hydroxyl groups excluding tert-OH is 1. The summed E-state index contributed by atoms with van der Waals surface area (Å²) in [6, 6.07) is 0. The van der Waals surface area contributed by atoms with Gasteiger partial charge in [-0.3, -0.25) is 37.3 Å². The molecule has 0 aromatic carbocycles. The smallest absolute Gasteiger partial charge is 0.462 e. The van der Waals surface area contributed by atoms with E-state index in [4.69, 9.17) is 37.0 Å². The van der Waals surface area contributed by atoms with E-state index in [9.17, 15) is 43.2 Å². The molecule has 0 bridgehead atoms. The summed E-state index contributed by atoms with van der Waals surface area (Å²) in [7, 11) is -9.96. The standard InChI is InChI=1S/C77H134O17P2/c1-5-9-13-17-21-25-29-32-35-38-42-45-49-53-57-61-74(79)87-67-72(93-76(81)63-59-55-51-47-41-28-24-20-16-12-8-4)69-91-95(83,84)89-65-71(78)66-90-96(85,86)92-70-73(94-77(82)64-60-56-52-48-44-40-37-34-31-27-23-19-15-11-7-3)68-88-75(80)62-58-54-50-46-43-39-36-33-30-26-22-18-14-10-6-2/h9-10,13-14,21-22,25-26,32-33,35-36,43,46,54,58,71-73,78H,5-8,11-12,15-20,23-24,27-31,34,37-42,44-45,47-53,55-57,59-70H2,1-4H3,(H,83,84)(H,85,86)/b13-9-,14-10-,25-21-,26-22-,35-32-,36-33-,46-43-,58-54-. The van der Waals surface area contributed by atoms with E-state index in [1.165, 1.54) is 103 Å². The molecule has 0 aliphatic heterocycles. The number of allylic oxidation sites excluding steroid dienone is 15. The summed E-state index contributed by atoms with van der Waals surface area (Å²) >= 11 is 0. The van der Waals surface area contributed by atoms with Crippen molar-refractivity contribution in [1.29, 1.82) is 0 Å². The van der Waals surface area contributed by atoms with Gasteiger partial charge in [0.2, 0.25) is 0 Å². The van der Waals surface area contributed by atoms with Crippen molar-refractivity contribution >= 4 is 39.5 Å². The van der Waals surface area contributed by atoms with Crippen LogP contribution in [0.15, 0.2) is 97.2 Å². The molecule has 554 valence electrons. The Balaban J connectivity index is 5.38. The van der Waals surface area contributed by atoms with Crippen LogP contribution in [0.25, 0.3) is 0 Å². The lowest BCUT2D eigenvalue weighted by Crippen LogP contribution is -2.30. The number of phosphoric acid groups is 2. The fourth-order valence-corrected chi connectivity index (χ4v) is 11.5. The first kappa shape index (κ1) is 92.0. The molecule has 0 fully saturated rings. The van der Waals surface area contributed by atoms with Gasteiger partial charge in [0.15, 0.2) is 12.2 Å². The number of carbonyl (C=O) groups excluding carboxylic acids is 4. The molecule has 0 aromatic heterocycles. The van der Waals surface area contributed by atoms with Gasteiger partial charge in [-0.15, -0.1) is 0 Å². The van der Waals surface area contributed by atoms with Crippen LogP contribution in [0.4, 0.5) is 0 Å². The van der Waals surface area contributed by atoms with E-state index in [1.54, 1.807) is 6.08 Å². The largest absolute Gasteiger partial charge is 0.472 e. The lowest BCUT2D eigenvalue weighted by atomic mass is 10.0. The predicted octanol–water partition coefficient (Wildman–Crippen LogP) is 21.2. The summed E-state index contributed by atoms with van der Waals surface area (Å²) in [6.45, 7) is 4.53. The molecule has 0 radical (unpaired) electrons. The van der Waals surface area contributed by atoms with Gasteiger partial charge >= 0.3 is 39.5 Å². The van der Waals surface area contributed by atoms with Crippen molar-refractivity contribution in [1.82, 2.24) is 0 Å². The quantitative estimate of drug-likeness (QED) is 0.0169. The Hall–Kier alpha value is -4.02. The second-order valence-electron chi connectivity index (χ2n) is 24.9. The van der Waals surface area contributed by atoms with Crippen molar-refractivity contribution < 1.29 is 80.2 Å². The third-order valence-electron chi connectivity index (χ3n) is 15.6. The zero-order chi connectivity index (χ0) is 70.4. The van der Waals surface area contributed by atoms with E-state index in [0.717, 1.165) is 128 Å². The lowest BCUT2D eigenvalue weighted by Gasteiger charge is -2.21. The maximum Gasteiger partial charge on any atom is 0.472 e. The maximum atomic E-state index is 13.1. The molecule has 0 aliphatic carbocycles. The van der Waals surface area contributed by atoms with Crippen LogP contribution in [0.2, 0.25) is 0 Å². The molecule has 0 amide bonds. The predicted molar refractivity (Wildman–Crippen MR) is 390 cm³/mol. The van der Waals surface area contributed by atoms with E-state index < -0.39 is 97.5 Å². The minimum absolute atomic E-state index is 0.0684. The summed E-state index contributed by atoms with van der Waals surface area (Å²) in [5.74, 6) is -2.32. The Morgan fingerprint density at radius 3 is 0.927 bits per heavy atom. The zero-order valence-electron chi connectivity index (χ0n) is 60.3. The van der Waals surface area contributed by atoms with Gasteiger partial charge in [0.05, 0.1) is 32.8 Å². The first-order valence-corrected chi connectivity index (χ1v) is 40.5. The Kier molecular flexibility index (Phi) is 66.6. The molecule has 0 saturated heterocycles. The van der Waals surface area contributed by atoms with Crippen LogP contribution in [0, 0.1) is 0 Å². The fraction of sp³-hybridized carbons (Fsp3) is 0.740. The number of hydrogen-bond donors (Lipinski definition) is 3. The number of rotatable bonds is 70. The van der Waals surface area contributed by atoms with Crippen molar-refractivity contribution in [2.24, 2.45) is 0 Å². The van der Waals surface area contributed by atoms with E-state index in [1.807, 2.05) is 18.2 Å². The molecule has 0 heterocycles. The normalized spacial score (nSPS) is 14.5. The monoisotopic (exact) mass is 1390 g/mol. The topological polar surface area (TPSA) is 237 Å². The minimum atomic E-state index is -4.99. The highest BCUT2D eigenvalue weighted by atomic mass is 31.2. The van der Waals surface area contributed by atoms with Crippen LogP contribution in [0.5, 0.6) is 0 Å². The molecule has 96 heavy (non-hydrogen) atoms. The highest BCUT2D eigenvalue weighted by Crippen LogP contribution is 2.45. The van der Waals surface area contributed by atoms with Gasteiger partial charge in [-0.1, -0.05) is 298 Å². The van der Waals surface area contributed by atoms with Crippen LogP contribution in [0.3, 0.4) is 0 Å². The minimum Gasteiger partial charge on any atom is -0.462 e. The summed E-state index contributed by atoms with van der Waals surface area (Å²) in [4.78, 5) is 72.7. The first-order valence-electron chi connectivity index (χ1n) is 37.5. The third kappa shape index (κ3) is 68.5. The number of aliphatic hydroxyl groups is 1. The highest BCUT2D eigenvalue weighted by molar-refractivity contribution is 7.47. The molecule has 0 rings (SSSR count). The fourth-order valence-electron chi connectivity index (χ4n) is 9.96. The van der Waals surface area contributed by atoms with E-state index in [2.05, 4.69) is 101 Å². The number of hydrogen-bond acceptors (Lipinski definition) is 15. The highest BCUT2D eigenvalue weighted by Gasteiger charge is 2.30. The zero-order valence-corrected chi connectivity index (χ0v) is 62.1. The van der Waals surface area contributed by atoms with E-state index in [-0.39, 0.29) is 25.7 Å². The molecule has 0 aliphatic rings. The maximum absolute atomic E-state index is 13.1.